The number of aromatic nitrogens is 1. The summed E-state index contributed by atoms with van der Waals surface area (Å²) >= 11 is 0. The van der Waals surface area contributed by atoms with Crippen molar-refractivity contribution in [3.63, 3.8) is 0 Å². The van der Waals surface area contributed by atoms with E-state index < -0.39 is 0 Å². The van der Waals surface area contributed by atoms with Crippen LogP contribution in [0.1, 0.15) is 49.6 Å². The summed E-state index contributed by atoms with van der Waals surface area (Å²) in [5, 5.41) is 0. The molecule has 2 N–H and O–H groups in total. The number of nitrogens with two attached hydrogens (primary N) is 1. The Kier molecular flexibility index (Phi) is 3.08. The molecule has 0 spiro atoms. The molecule has 2 heterocycles. The zero-order chi connectivity index (χ0) is 12.5. The SMILES string of the molecule is Cc1ccc2oc(C(N)C3CCCCC3)cc2n1. The van der Waals surface area contributed by atoms with E-state index in [1.54, 1.807) is 0 Å². The van der Waals surface area contributed by atoms with Crippen LogP contribution < -0.4 is 5.73 Å². The molecule has 0 amide bonds. The average Bonchev–Trinajstić information content (AvgIpc) is 2.81. The lowest BCUT2D eigenvalue weighted by atomic mass is 9.83. The van der Waals surface area contributed by atoms with Gasteiger partial charge in [-0.2, -0.15) is 0 Å². The molecule has 2 aromatic heterocycles. The molecule has 1 fully saturated rings. The Balaban J connectivity index is 1.88. The molecule has 0 aromatic carbocycles. The predicted octanol–water partition coefficient (Wildman–Crippen LogP) is 3.72. The van der Waals surface area contributed by atoms with E-state index in [-0.39, 0.29) is 6.04 Å². The second-order valence-corrected chi connectivity index (χ2v) is 5.41. The Morgan fingerprint density at radius 3 is 2.83 bits per heavy atom. The van der Waals surface area contributed by atoms with Gasteiger partial charge in [-0.25, -0.2) is 4.98 Å². The number of fused-ring (bicyclic) bond motifs is 1. The number of pyridine rings is 1. The third-order valence-corrected chi connectivity index (χ3v) is 4.02. The normalized spacial score (nSPS) is 19.2. The summed E-state index contributed by atoms with van der Waals surface area (Å²) in [4.78, 5) is 4.47. The predicted molar refractivity (Wildman–Crippen MR) is 72.2 cm³/mol. The molecular weight excluding hydrogens is 224 g/mol. The van der Waals surface area contributed by atoms with Crippen molar-refractivity contribution in [2.45, 2.75) is 45.1 Å². The first-order chi connectivity index (χ1) is 8.74. The van der Waals surface area contributed by atoms with Gasteiger partial charge in [0.25, 0.3) is 0 Å². The molecule has 18 heavy (non-hydrogen) atoms. The van der Waals surface area contributed by atoms with Crippen LogP contribution in [-0.2, 0) is 0 Å². The highest BCUT2D eigenvalue weighted by Gasteiger charge is 2.24. The number of furan rings is 1. The van der Waals surface area contributed by atoms with E-state index in [0.717, 1.165) is 22.6 Å². The Bertz CT molecular complexity index is 540. The molecule has 1 unspecified atom stereocenters. The monoisotopic (exact) mass is 244 g/mol. The van der Waals surface area contributed by atoms with Crippen LogP contribution in [0.4, 0.5) is 0 Å². The molecule has 2 aromatic rings. The molecule has 0 saturated heterocycles. The summed E-state index contributed by atoms with van der Waals surface area (Å²) in [5.74, 6) is 1.47. The molecule has 3 heteroatoms. The van der Waals surface area contributed by atoms with Gasteiger partial charge in [-0.15, -0.1) is 0 Å². The van der Waals surface area contributed by atoms with Gasteiger partial charge in [-0.05, 0) is 37.8 Å². The van der Waals surface area contributed by atoms with E-state index >= 15 is 0 Å². The minimum atomic E-state index is 0.0276. The van der Waals surface area contributed by atoms with Gasteiger partial charge in [0.15, 0.2) is 5.58 Å². The van der Waals surface area contributed by atoms with E-state index in [1.807, 2.05) is 25.1 Å². The largest absolute Gasteiger partial charge is 0.458 e. The Morgan fingerprint density at radius 1 is 1.28 bits per heavy atom. The van der Waals surface area contributed by atoms with Crippen molar-refractivity contribution in [2.75, 3.05) is 0 Å². The number of rotatable bonds is 2. The van der Waals surface area contributed by atoms with Gasteiger partial charge in [-0.1, -0.05) is 19.3 Å². The summed E-state index contributed by atoms with van der Waals surface area (Å²) in [6, 6.07) is 6.00. The van der Waals surface area contributed by atoms with Crippen LogP contribution >= 0.6 is 0 Å². The topological polar surface area (TPSA) is 52.0 Å². The van der Waals surface area contributed by atoms with E-state index in [4.69, 9.17) is 10.2 Å². The second kappa shape index (κ2) is 4.73. The van der Waals surface area contributed by atoms with Crippen LogP contribution in [0.3, 0.4) is 0 Å². The smallest absolute Gasteiger partial charge is 0.152 e. The third kappa shape index (κ3) is 2.15. The molecule has 3 rings (SSSR count). The molecule has 0 radical (unpaired) electrons. The fourth-order valence-electron chi connectivity index (χ4n) is 2.93. The molecule has 0 bridgehead atoms. The lowest BCUT2D eigenvalue weighted by Gasteiger charge is -2.25. The summed E-state index contributed by atoms with van der Waals surface area (Å²) in [6.07, 6.45) is 6.41. The molecular formula is C15H20N2O. The summed E-state index contributed by atoms with van der Waals surface area (Å²) < 4.78 is 5.85. The standard InChI is InChI=1S/C15H20N2O/c1-10-7-8-13-12(17-10)9-14(18-13)15(16)11-5-3-2-4-6-11/h7-9,11,15H,2-6,16H2,1H3. The maximum atomic E-state index is 6.35. The minimum Gasteiger partial charge on any atom is -0.458 e. The van der Waals surface area contributed by atoms with Crippen molar-refractivity contribution in [1.82, 2.24) is 4.98 Å². The highest BCUT2D eigenvalue weighted by Crippen LogP contribution is 2.34. The zero-order valence-corrected chi connectivity index (χ0v) is 10.9. The Hall–Kier alpha value is -1.35. The van der Waals surface area contributed by atoms with E-state index in [9.17, 15) is 0 Å². The number of hydrogen-bond donors (Lipinski definition) is 1. The van der Waals surface area contributed by atoms with Gasteiger partial charge in [-0.3, -0.25) is 0 Å². The lowest BCUT2D eigenvalue weighted by molar-refractivity contribution is 0.284. The maximum Gasteiger partial charge on any atom is 0.152 e. The number of nitrogens with zero attached hydrogens (tertiary/aromatic N) is 1. The first-order valence-electron chi connectivity index (χ1n) is 6.87. The van der Waals surface area contributed by atoms with Crippen LogP contribution in [-0.4, -0.2) is 4.98 Å². The van der Waals surface area contributed by atoms with Crippen molar-refractivity contribution in [3.8, 4) is 0 Å². The molecule has 1 atom stereocenters. The average molecular weight is 244 g/mol. The Morgan fingerprint density at radius 2 is 2.06 bits per heavy atom. The highest BCUT2D eigenvalue weighted by atomic mass is 16.3. The van der Waals surface area contributed by atoms with E-state index in [1.165, 1.54) is 32.1 Å². The highest BCUT2D eigenvalue weighted by molar-refractivity contribution is 5.73. The van der Waals surface area contributed by atoms with Crippen LogP contribution in [0.15, 0.2) is 22.6 Å². The van der Waals surface area contributed by atoms with Gasteiger partial charge < -0.3 is 10.2 Å². The first kappa shape index (κ1) is 11.7. The maximum absolute atomic E-state index is 6.35. The Labute approximate surface area is 107 Å². The van der Waals surface area contributed by atoms with Gasteiger partial charge in [0.1, 0.15) is 11.3 Å². The fraction of sp³-hybridized carbons (Fsp3) is 0.533. The summed E-state index contributed by atoms with van der Waals surface area (Å²) in [5.41, 5.74) is 9.14. The fourth-order valence-corrected chi connectivity index (χ4v) is 2.93. The molecule has 1 aliphatic carbocycles. The van der Waals surface area contributed by atoms with E-state index in [0.29, 0.717) is 5.92 Å². The van der Waals surface area contributed by atoms with Crippen molar-refractivity contribution < 1.29 is 4.42 Å². The zero-order valence-electron chi connectivity index (χ0n) is 10.9. The van der Waals surface area contributed by atoms with Crippen LogP contribution in [0.5, 0.6) is 0 Å². The third-order valence-electron chi connectivity index (χ3n) is 4.02. The van der Waals surface area contributed by atoms with Gasteiger partial charge in [0, 0.05) is 11.8 Å². The molecule has 1 saturated carbocycles. The van der Waals surface area contributed by atoms with Crippen LogP contribution in [0, 0.1) is 12.8 Å². The second-order valence-electron chi connectivity index (χ2n) is 5.41. The molecule has 3 nitrogen and oxygen atoms in total. The summed E-state index contributed by atoms with van der Waals surface area (Å²) in [7, 11) is 0. The van der Waals surface area contributed by atoms with Crippen molar-refractivity contribution >= 4 is 11.1 Å². The molecule has 0 aliphatic heterocycles. The first-order valence-corrected chi connectivity index (χ1v) is 6.87. The van der Waals surface area contributed by atoms with Gasteiger partial charge in [0.2, 0.25) is 0 Å². The van der Waals surface area contributed by atoms with Crippen LogP contribution in [0.25, 0.3) is 11.1 Å². The quantitative estimate of drug-likeness (QED) is 0.876. The number of aryl methyl sites for hydroxylation is 1. The van der Waals surface area contributed by atoms with Crippen LogP contribution in [0.2, 0.25) is 0 Å². The lowest BCUT2D eigenvalue weighted by Crippen LogP contribution is -2.22. The summed E-state index contributed by atoms with van der Waals surface area (Å²) in [6.45, 7) is 1.99. The molecule has 1 aliphatic rings. The number of hydrogen-bond acceptors (Lipinski definition) is 3. The van der Waals surface area contributed by atoms with Gasteiger partial charge in [0.05, 0.1) is 6.04 Å². The van der Waals surface area contributed by atoms with Gasteiger partial charge >= 0.3 is 0 Å². The van der Waals surface area contributed by atoms with Crippen molar-refractivity contribution in [2.24, 2.45) is 11.7 Å². The van der Waals surface area contributed by atoms with Crippen molar-refractivity contribution in [3.05, 3.63) is 29.7 Å². The van der Waals surface area contributed by atoms with Crippen molar-refractivity contribution in [1.29, 1.82) is 0 Å². The minimum absolute atomic E-state index is 0.0276. The van der Waals surface area contributed by atoms with E-state index in [2.05, 4.69) is 4.98 Å². The molecule has 96 valence electrons.